The van der Waals surface area contributed by atoms with Crippen LogP contribution in [0.3, 0.4) is 0 Å². The summed E-state index contributed by atoms with van der Waals surface area (Å²) in [6, 6.07) is 9.24. The topological polar surface area (TPSA) is 95.7 Å². The number of hydrogen-bond donors (Lipinski definition) is 2. The smallest absolute Gasteiger partial charge is 0.240 e. The molecule has 1 unspecified atom stereocenters. The van der Waals surface area contributed by atoms with E-state index < -0.39 is 5.54 Å². The molecule has 7 heteroatoms. The van der Waals surface area contributed by atoms with Crippen molar-refractivity contribution in [2.45, 2.75) is 38.0 Å². The highest BCUT2D eigenvalue weighted by molar-refractivity contribution is 5.86. The lowest BCUT2D eigenvalue weighted by Crippen LogP contribution is -2.57. The molecule has 0 spiro atoms. The molecule has 2 aromatic rings. The first-order valence-electron chi connectivity index (χ1n) is 9.39. The molecule has 3 N–H and O–H groups in total. The zero-order chi connectivity index (χ0) is 20.0. The summed E-state index contributed by atoms with van der Waals surface area (Å²) in [7, 11) is 1.60. The van der Waals surface area contributed by atoms with E-state index >= 15 is 0 Å². The maximum atomic E-state index is 12.6. The van der Waals surface area contributed by atoms with Gasteiger partial charge in [-0.25, -0.2) is 0 Å². The largest absolute Gasteiger partial charge is 0.493 e. The quantitative estimate of drug-likeness (QED) is 0.760. The third kappa shape index (κ3) is 4.79. The highest BCUT2D eigenvalue weighted by Gasteiger charge is 2.36. The van der Waals surface area contributed by atoms with E-state index in [1.54, 1.807) is 19.5 Å². The number of rotatable bonds is 7. The van der Waals surface area contributed by atoms with Gasteiger partial charge in [-0.15, -0.1) is 0 Å². The number of hydrogen-bond acceptors (Lipinski definition) is 6. The fraction of sp³-hybridized carbons (Fsp3) is 0.429. The van der Waals surface area contributed by atoms with E-state index in [0.717, 1.165) is 11.1 Å². The van der Waals surface area contributed by atoms with Gasteiger partial charge in [0.2, 0.25) is 5.91 Å². The summed E-state index contributed by atoms with van der Waals surface area (Å²) in [4.78, 5) is 16.6. The first kappa shape index (κ1) is 20.1. The standard InChI is InChI=1S/C21H27N3O4/c1-15(24-20(25)21(22)7-11-27-12-8-21)17-3-4-18(19(13-17)26-2)28-14-16-5-9-23-10-6-16/h3-6,9-10,13,15H,7-8,11-12,14,22H2,1-2H3,(H,24,25). The van der Waals surface area contributed by atoms with Crippen LogP contribution in [0.4, 0.5) is 0 Å². The lowest BCUT2D eigenvalue weighted by molar-refractivity contribution is -0.130. The fourth-order valence-electron chi connectivity index (χ4n) is 3.10. The summed E-state index contributed by atoms with van der Waals surface area (Å²) in [6.07, 6.45) is 4.51. The van der Waals surface area contributed by atoms with Crippen molar-refractivity contribution in [3.8, 4) is 11.5 Å². The molecule has 1 aromatic carbocycles. The molecule has 0 aliphatic carbocycles. The predicted molar refractivity (Wildman–Crippen MR) is 105 cm³/mol. The highest BCUT2D eigenvalue weighted by atomic mass is 16.5. The summed E-state index contributed by atoms with van der Waals surface area (Å²) >= 11 is 0. The molecule has 3 rings (SSSR count). The lowest BCUT2D eigenvalue weighted by atomic mass is 9.90. The number of methoxy groups -OCH3 is 1. The Balaban J connectivity index is 1.65. The molecular formula is C21H27N3O4. The normalized spacial score (nSPS) is 16.8. The van der Waals surface area contributed by atoms with Gasteiger partial charge in [0.05, 0.1) is 18.7 Å². The number of aromatic nitrogens is 1. The third-order valence-electron chi connectivity index (χ3n) is 5.02. The van der Waals surface area contributed by atoms with E-state index in [-0.39, 0.29) is 11.9 Å². The number of benzene rings is 1. The second-order valence-electron chi connectivity index (χ2n) is 7.02. The van der Waals surface area contributed by atoms with Gasteiger partial charge in [0.1, 0.15) is 6.61 Å². The maximum Gasteiger partial charge on any atom is 0.240 e. The van der Waals surface area contributed by atoms with E-state index in [0.29, 0.717) is 44.2 Å². The Labute approximate surface area is 165 Å². The number of carbonyl (C=O) groups excluding carboxylic acids is 1. The van der Waals surface area contributed by atoms with Crippen LogP contribution < -0.4 is 20.5 Å². The van der Waals surface area contributed by atoms with Crippen molar-refractivity contribution in [2.75, 3.05) is 20.3 Å². The first-order chi connectivity index (χ1) is 13.5. The first-order valence-corrected chi connectivity index (χ1v) is 9.39. The Morgan fingerprint density at radius 3 is 2.64 bits per heavy atom. The SMILES string of the molecule is COc1cc(C(C)NC(=O)C2(N)CCOCC2)ccc1OCc1ccncc1. The van der Waals surface area contributed by atoms with Crippen molar-refractivity contribution in [3.63, 3.8) is 0 Å². The van der Waals surface area contributed by atoms with Crippen molar-refractivity contribution in [1.29, 1.82) is 0 Å². The average Bonchev–Trinajstić information content (AvgIpc) is 2.73. The Hall–Kier alpha value is -2.64. The van der Waals surface area contributed by atoms with Crippen molar-refractivity contribution in [3.05, 3.63) is 53.9 Å². The van der Waals surface area contributed by atoms with Gasteiger partial charge in [0, 0.05) is 25.6 Å². The predicted octanol–water partition coefficient (Wildman–Crippen LogP) is 2.35. The summed E-state index contributed by atoms with van der Waals surface area (Å²) < 4.78 is 16.7. The molecule has 150 valence electrons. The van der Waals surface area contributed by atoms with Crippen LogP contribution in [0.25, 0.3) is 0 Å². The van der Waals surface area contributed by atoms with Crippen LogP contribution in [-0.4, -0.2) is 36.8 Å². The van der Waals surface area contributed by atoms with Crippen molar-refractivity contribution in [2.24, 2.45) is 5.73 Å². The van der Waals surface area contributed by atoms with Crippen LogP contribution in [0.15, 0.2) is 42.7 Å². The van der Waals surface area contributed by atoms with Gasteiger partial charge < -0.3 is 25.3 Å². The van der Waals surface area contributed by atoms with Crippen LogP contribution in [-0.2, 0) is 16.1 Å². The Morgan fingerprint density at radius 2 is 1.96 bits per heavy atom. The van der Waals surface area contributed by atoms with Crippen LogP contribution in [0, 0.1) is 0 Å². The third-order valence-corrected chi connectivity index (χ3v) is 5.02. The second kappa shape index (κ2) is 9.03. The number of amides is 1. The zero-order valence-corrected chi connectivity index (χ0v) is 16.3. The van der Waals surface area contributed by atoms with Gasteiger partial charge in [-0.2, -0.15) is 0 Å². The van der Waals surface area contributed by atoms with Gasteiger partial charge in [-0.3, -0.25) is 9.78 Å². The molecule has 1 atom stereocenters. The van der Waals surface area contributed by atoms with E-state index in [2.05, 4.69) is 10.3 Å². The van der Waals surface area contributed by atoms with Crippen LogP contribution >= 0.6 is 0 Å². The van der Waals surface area contributed by atoms with Gasteiger partial charge in [0.25, 0.3) is 0 Å². The van der Waals surface area contributed by atoms with Gasteiger partial charge in [-0.1, -0.05) is 6.07 Å². The molecule has 28 heavy (non-hydrogen) atoms. The fourth-order valence-corrected chi connectivity index (χ4v) is 3.10. The monoisotopic (exact) mass is 385 g/mol. The van der Waals surface area contributed by atoms with Crippen molar-refractivity contribution in [1.82, 2.24) is 10.3 Å². The Morgan fingerprint density at radius 1 is 1.25 bits per heavy atom. The molecule has 1 fully saturated rings. The minimum Gasteiger partial charge on any atom is -0.493 e. The number of nitrogens with one attached hydrogen (secondary N) is 1. The molecule has 1 saturated heterocycles. The molecule has 0 bridgehead atoms. The Kier molecular flexibility index (Phi) is 6.49. The number of ether oxygens (including phenoxy) is 3. The van der Waals surface area contributed by atoms with Crippen molar-refractivity contribution < 1.29 is 19.0 Å². The Bertz CT molecular complexity index is 791. The highest BCUT2D eigenvalue weighted by Crippen LogP contribution is 2.31. The van der Waals surface area contributed by atoms with E-state index in [9.17, 15) is 4.79 Å². The molecule has 1 aliphatic rings. The lowest BCUT2D eigenvalue weighted by Gasteiger charge is -2.33. The molecule has 0 saturated carbocycles. The van der Waals surface area contributed by atoms with Crippen LogP contribution in [0.2, 0.25) is 0 Å². The van der Waals surface area contributed by atoms with Crippen LogP contribution in [0.1, 0.15) is 36.9 Å². The van der Waals surface area contributed by atoms with Gasteiger partial charge in [-0.05, 0) is 55.2 Å². The maximum absolute atomic E-state index is 12.6. The molecule has 1 aromatic heterocycles. The number of pyridine rings is 1. The van der Waals surface area contributed by atoms with Crippen LogP contribution in [0.5, 0.6) is 11.5 Å². The molecule has 2 heterocycles. The summed E-state index contributed by atoms with van der Waals surface area (Å²) in [5, 5.41) is 3.01. The van der Waals surface area contributed by atoms with E-state index in [4.69, 9.17) is 19.9 Å². The molecule has 1 aliphatic heterocycles. The minimum atomic E-state index is -0.871. The number of carbonyl (C=O) groups is 1. The molecule has 0 radical (unpaired) electrons. The molecule has 7 nitrogen and oxygen atoms in total. The second-order valence-corrected chi connectivity index (χ2v) is 7.02. The summed E-state index contributed by atoms with van der Waals surface area (Å²) in [5.74, 6) is 1.10. The average molecular weight is 385 g/mol. The molecule has 1 amide bonds. The number of nitrogens with zero attached hydrogens (tertiary/aromatic N) is 1. The minimum absolute atomic E-state index is 0.153. The molecular weight excluding hydrogens is 358 g/mol. The van der Waals surface area contributed by atoms with E-state index in [1.807, 2.05) is 37.3 Å². The zero-order valence-electron chi connectivity index (χ0n) is 16.3. The van der Waals surface area contributed by atoms with E-state index in [1.165, 1.54) is 0 Å². The van der Waals surface area contributed by atoms with Crippen molar-refractivity contribution >= 4 is 5.91 Å². The van der Waals surface area contributed by atoms with Gasteiger partial charge >= 0.3 is 0 Å². The summed E-state index contributed by atoms with van der Waals surface area (Å²) in [6.45, 7) is 3.36. The number of nitrogens with two attached hydrogens (primary N) is 1. The summed E-state index contributed by atoms with van der Waals surface area (Å²) in [5.41, 5.74) is 7.33. The van der Waals surface area contributed by atoms with Gasteiger partial charge in [0.15, 0.2) is 11.5 Å².